The summed E-state index contributed by atoms with van der Waals surface area (Å²) in [4.78, 5) is 4.16. The average molecular weight is 240 g/mol. The van der Waals surface area contributed by atoms with Crippen LogP contribution in [0.3, 0.4) is 0 Å². The highest BCUT2D eigenvalue weighted by atomic mass is 35.5. The van der Waals surface area contributed by atoms with Crippen molar-refractivity contribution < 1.29 is 0 Å². The first-order valence-corrected chi connectivity index (χ1v) is 5.76. The first-order valence-electron chi connectivity index (χ1n) is 5.22. The van der Waals surface area contributed by atoms with E-state index in [1.165, 1.54) is 0 Å². The maximum Gasteiger partial charge on any atom is 0.105 e. The molecule has 0 saturated carbocycles. The molecule has 0 spiro atoms. The number of imidazole rings is 1. The van der Waals surface area contributed by atoms with Gasteiger partial charge in [-0.15, -0.1) is 16.7 Å². The Kier molecular flexibility index (Phi) is 3.56. The molecule has 86 valence electrons. The van der Waals surface area contributed by atoms with Gasteiger partial charge >= 0.3 is 0 Å². The van der Waals surface area contributed by atoms with E-state index in [1.807, 2.05) is 24.0 Å². The lowest BCUT2D eigenvalue weighted by molar-refractivity contribution is 0.513. The third-order valence-corrected chi connectivity index (χ3v) is 2.62. The van der Waals surface area contributed by atoms with E-state index in [0.717, 1.165) is 31.0 Å². The average Bonchev–Trinajstić information content (AvgIpc) is 2.86. The van der Waals surface area contributed by atoms with Gasteiger partial charge in [-0.3, -0.25) is 4.68 Å². The SMILES string of the molecule is Cc1nccn1CCn1cc(CCCl)nn1. The van der Waals surface area contributed by atoms with Gasteiger partial charge in [-0.2, -0.15) is 0 Å². The Balaban J connectivity index is 1.92. The van der Waals surface area contributed by atoms with Crippen LogP contribution in [0.25, 0.3) is 0 Å². The van der Waals surface area contributed by atoms with Crippen molar-refractivity contribution in [3.8, 4) is 0 Å². The molecule has 5 nitrogen and oxygen atoms in total. The Morgan fingerprint density at radius 3 is 2.94 bits per heavy atom. The summed E-state index contributed by atoms with van der Waals surface area (Å²) >= 11 is 5.63. The molecule has 0 atom stereocenters. The maximum atomic E-state index is 5.63. The lowest BCUT2D eigenvalue weighted by atomic mass is 10.4. The fourth-order valence-electron chi connectivity index (χ4n) is 1.51. The molecule has 6 heteroatoms. The zero-order valence-corrected chi connectivity index (χ0v) is 9.93. The molecule has 0 amide bonds. The Bertz CT molecular complexity index is 448. The van der Waals surface area contributed by atoms with Crippen molar-refractivity contribution in [3.63, 3.8) is 0 Å². The molecule has 2 heterocycles. The van der Waals surface area contributed by atoms with Gasteiger partial charge in [-0.25, -0.2) is 4.98 Å². The van der Waals surface area contributed by atoms with Crippen molar-refractivity contribution in [3.05, 3.63) is 30.1 Å². The number of aryl methyl sites for hydroxylation is 4. The lowest BCUT2D eigenvalue weighted by Crippen LogP contribution is -2.08. The summed E-state index contributed by atoms with van der Waals surface area (Å²) in [6, 6.07) is 0. The zero-order valence-electron chi connectivity index (χ0n) is 9.17. The molecule has 2 rings (SSSR count). The van der Waals surface area contributed by atoms with E-state index in [9.17, 15) is 0 Å². The minimum atomic E-state index is 0.583. The number of hydrogen-bond donors (Lipinski definition) is 0. The van der Waals surface area contributed by atoms with E-state index in [4.69, 9.17) is 11.6 Å². The summed E-state index contributed by atoms with van der Waals surface area (Å²) in [5, 5.41) is 8.07. The van der Waals surface area contributed by atoms with Crippen molar-refractivity contribution >= 4 is 11.6 Å². The molecule has 0 radical (unpaired) electrons. The van der Waals surface area contributed by atoms with Crippen LogP contribution < -0.4 is 0 Å². The van der Waals surface area contributed by atoms with Gasteiger partial charge in [-0.05, 0) is 6.92 Å². The van der Waals surface area contributed by atoms with E-state index in [-0.39, 0.29) is 0 Å². The highest BCUT2D eigenvalue weighted by molar-refractivity contribution is 6.17. The predicted molar refractivity (Wildman–Crippen MR) is 61.4 cm³/mol. The summed E-state index contributed by atoms with van der Waals surface area (Å²) in [6.07, 6.45) is 6.47. The Morgan fingerprint density at radius 2 is 2.25 bits per heavy atom. The quantitative estimate of drug-likeness (QED) is 0.739. The molecule has 0 aliphatic heterocycles. The van der Waals surface area contributed by atoms with Crippen molar-refractivity contribution in [2.45, 2.75) is 26.4 Å². The fraction of sp³-hybridized carbons (Fsp3) is 0.500. The van der Waals surface area contributed by atoms with Crippen LogP contribution in [0.5, 0.6) is 0 Å². The van der Waals surface area contributed by atoms with Gasteiger partial charge < -0.3 is 4.57 Å². The second kappa shape index (κ2) is 5.12. The van der Waals surface area contributed by atoms with Gasteiger partial charge in [0.25, 0.3) is 0 Å². The molecule has 0 saturated heterocycles. The molecule has 0 fully saturated rings. The number of halogens is 1. The molecule has 0 unspecified atom stereocenters. The van der Waals surface area contributed by atoms with Gasteiger partial charge in [0.1, 0.15) is 5.82 Å². The van der Waals surface area contributed by atoms with Gasteiger partial charge in [0, 0.05) is 37.4 Å². The first kappa shape index (κ1) is 11.1. The zero-order chi connectivity index (χ0) is 11.4. The highest BCUT2D eigenvalue weighted by Crippen LogP contribution is 1.99. The number of rotatable bonds is 5. The molecule has 2 aromatic rings. The highest BCUT2D eigenvalue weighted by Gasteiger charge is 2.01. The fourth-order valence-corrected chi connectivity index (χ4v) is 1.70. The van der Waals surface area contributed by atoms with Crippen molar-refractivity contribution in [2.24, 2.45) is 0 Å². The normalized spacial score (nSPS) is 10.9. The minimum absolute atomic E-state index is 0.583. The van der Waals surface area contributed by atoms with Crippen LogP contribution in [0.2, 0.25) is 0 Å². The second-order valence-corrected chi connectivity index (χ2v) is 3.96. The van der Waals surface area contributed by atoms with Crippen molar-refractivity contribution in [1.29, 1.82) is 0 Å². The number of aromatic nitrogens is 5. The lowest BCUT2D eigenvalue weighted by Gasteiger charge is -2.03. The monoisotopic (exact) mass is 239 g/mol. The summed E-state index contributed by atoms with van der Waals surface area (Å²) in [6.45, 7) is 3.64. The van der Waals surface area contributed by atoms with E-state index in [0.29, 0.717) is 5.88 Å². The Labute approximate surface area is 99.1 Å². The van der Waals surface area contributed by atoms with Crippen LogP contribution >= 0.6 is 11.6 Å². The Hall–Kier alpha value is -1.36. The molecule has 0 N–H and O–H groups in total. The van der Waals surface area contributed by atoms with E-state index in [1.54, 1.807) is 6.20 Å². The molecule has 0 bridgehead atoms. The molecule has 16 heavy (non-hydrogen) atoms. The summed E-state index contributed by atoms with van der Waals surface area (Å²) in [5.74, 6) is 1.60. The maximum absolute atomic E-state index is 5.63. The van der Waals surface area contributed by atoms with E-state index >= 15 is 0 Å². The van der Waals surface area contributed by atoms with E-state index < -0.39 is 0 Å². The third kappa shape index (κ3) is 2.61. The van der Waals surface area contributed by atoms with Gasteiger partial charge in [-0.1, -0.05) is 5.21 Å². The third-order valence-electron chi connectivity index (χ3n) is 2.43. The summed E-state index contributed by atoms with van der Waals surface area (Å²) < 4.78 is 3.92. The van der Waals surface area contributed by atoms with Crippen LogP contribution in [0.4, 0.5) is 0 Å². The van der Waals surface area contributed by atoms with Crippen molar-refractivity contribution in [2.75, 3.05) is 5.88 Å². The minimum Gasteiger partial charge on any atom is -0.333 e. The predicted octanol–water partition coefficient (Wildman–Crippen LogP) is 1.26. The number of hydrogen-bond acceptors (Lipinski definition) is 3. The van der Waals surface area contributed by atoms with Crippen LogP contribution in [0.15, 0.2) is 18.6 Å². The van der Waals surface area contributed by atoms with Gasteiger partial charge in [0.05, 0.1) is 12.2 Å². The van der Waals surface area contributed by atoms with Crippen LogP contribution in [0, 0.1) is 6.92 Å². The molecule has 2 aromatic heterocycles. The van der Waals surface area contributed by atoms with Crippen LogP contribution in [-0.4, -0.2) is 30.4 Å². The Morgan fingerprint density at radius 1 is 1.38 bits per heavy atom. The number of alkyl halides is 1. The first-order chi connectivity index (χ1) is 7.79. The van der Waals surface area contributed by atoms with Gasteiger partial charge in [0.15, 0.2) is 0 Å². The van der Waals surface area contributed by atoms with Gasteiger partial charge in [0.2, 0.25) is 0 Å². The summed E-state index contributed by atoms with van der Waals surface area (Å²) in [5.41, 5.74) is 0.942. The van der Waals surface area contributed by atoms with Crippen molar-refractivity contribution in [1.82, 2.24) is 24.5 Å². The van der Waals surface area contributed by atoms with Crippen LogP contribution in [0.1, 0.15) is 11.5 Å². The van der Waals surface area contributed by atoms with Crippen LogP contribution in [-0.2, 0) is 19.5 Å². The summed E-state index contributed by atoms with van der Waals surface area (Å²) in [7, 11) is 0. The standard InChI is InChI=1S/C10H14ClN5/c1-9-12-4-5-15(9)6-7-16-8-10(2-3-11)13-14-16/h4-5,8H,2-3,6-7H2,1H3. The molecule has 0 aliphatic rings. The largest absolute Gasteiger partial charge is 0.333 e. The molecule has 0 aromatic carbocycles. The topological polar surface area (TPSA) is 48.5 Å². The second-order valence-electron chi connectivity index (χ2n) is 3.58. The molecular formula is C10H14ClN5. The molecule has 0 aliphatic carbocycles. The molecular weight excluding hydrogens is 226 g/mol. The van der Waals surface area contributed by atoms with E-state index in [2.05, 4.69) is 19.9 Å². The smallest absolute Gasteiger partial charge is 0.105 e. The number of nitrogens with zero attached hydrogens (tertiary/aromatic N) is 5.